The van der Waals surface area contributed by atoms with Gasteiger partial charge in [0.25, 0.3) is 0 Å². The molecule has 3 N–H and O–H groups in total. The lowest BCUT2D eigenvalue weighted by Gasteiger charge is -2.13. The number of pyridine rings is 1. The van der Waals surface area contributed by atoms with Crippen molar-refractivity contribution in [3.8, 4) is 22.5 Å². The molecule has 39 heavy (non-hydrogen) atoms. The lowest BCUT2D eigenvalue weighted by atomic mass is 10.0. The zero-order valence-electron chi connectivity index (χ0n) is 22.9. The van der Waals surface area contributed by atoms with Crippen LogP contribution in [0.3, 0.4) is 0 Å². The molecule has 0 radical (unpaired) electrons. The third-order valence-corrected chi connectivity index (χ3v) is 6.87. The van der Waals surface area contributed by atoms with Gasteiger partial charge in [0.2, 0.25) is 0 Å². The van der Waals surface area contributed by atoms with Gasteiger partial charge in [0.1, 0.15) is 23.0 Å². The van der Waals surface area contributed by atoms with Crippen molar-refractivity contribution >= 4 is 34.4 Å². The molecule has 0 fully saturated rings. The number of allylic oxidation sites excluding steroid dienone is 1. The summed E-state index contributed by atoms with van der Waals surface area (Å²) in [6.07, 6.45) is 7.55. The summed E-state index contributed by atoms with van der Waals surface area (Å²) < 4.78 is 16.7. The Balaban J connectivity index is 1.58. The minimum absolute atomic E-state index is 0.295. The summed E-state index contributed by atoms with van der Waals surface area (Å²) in [5, 5.41) is 13.7. The average Bonchev–Trinajstić information content (AvgIpc) is 3.60. The molecule has 200 valence electrons. The fourth-order valence-electron chi connectivity index (χ4n) is 4.66. The van der Waals surface area contributed by atoms with Crippen molar-refractivity contribution < 1.29 is 4.39 Å². The Bertz CT molecular complexity index is 1790. The van der Waals surface area contributed by atoms with Gasteiger partial charge in [-0.05, 0) is 81.1 Å². The second-order valence-corrected chi connectivity index (χ2v) is 9.87. The van der Waals surface area contributed by atoms with E-state index in [1.54, 1.807) is 12.3 Å². The SMILES string of the molecule is C=C(/C=c1/c(-c2cc3c(-c4cc(F)cc(NCCN(C)C)c4)ccnc3[nH]2)n[nH]/c1=C/C)c1cnc(C)n1C. The molecule has 4 heterocycles. The van der Waals surface area contributed by atoms with E-state index in [9.17, 15) is 4.39 Å². The Hall–Kier alpha value is -4.50. The van der Waals surface area contributed by atoms with Crippen LogP contribution in [0.5, 0.6) is 0 Å². The second kappa shape index (κ2) is 10.7. The molecule has 0 amide bonds. The monoisotopic (exact) mass is 524 g/mol. The van der Waals surface area contributed by atoms with Crippen molar-refractivity contribution in [1.29, 1.82) is 0 Å². The first kappa shape index (κ1) is 26.1. The van der Waals surface area contributed by atoms with Crippen molar-refractivity contribution in [2.75, 3.05) is 32.5 Å². The molecule has 0 aliphatic heterocycles. The van der Waals surface area contributed by atoms with E-state index in [-0.39, 0.29) is 5.82 Å². The van der Waals surface area contributed by atoms with Crippen LogP contribution in [0, 0.1) is 12.7 Å². The van der Waals surface area contributed by atoms with Gasteiger partial charge >= 0.3 is 0 Å². The fourth-order valence-corrected chi connectivity index (χ4v) is 4.66. The molecule has 5 rings (SSSR count). The number of benzene rings is 1. The number of likely N-dealkylation sites (N-methyl/N-ethyl adjacent to an activating group) is 1. The second-order valence-electron chi connectivity index (χ2n) is 9.87. The number of anilines is 1. The summed E-state index contributed by atoms with van der Waals surface area (Å²) in [6.45, 7) is 9.78. The molecular weight excluding hydrogens is 491 g/mol. The van der Waals surface area contributed by atoms with Crippen molar-refractivity contribution in [1.82, 2.24) is 34.6 Å². The van der Waals surface area contributed by atoms with Crippen LogP contribution in [0.25, 0.3) is 51.3 Å². The lowest BCUT2D eigenvalue weighted by Crippen LogP contribution is -2.23. The Kier molecular flexibility index (Phi) is 7.17. The van der Waals surface area contributed by atoms with Crippen LogP contribution in [0.1, 0.15) is 18.4 Å². The number of fused-ring (bicyclic) bond motifs is 1. The van der Waals surface area contributed by atoms with Crippen LogP contribution in [-0.2, 0) is 7.05 Å². The smallest absolute Gasteiger partial charge is 0.138 e. The number of hydrogen-bond acceptors (Lipinski definition) is 5. The molecule has 0 atom stereocenters. The number of rotatable bonds is 8. The number of aryl methyl sites for hydroxylation is 1. The van der Waals surface area contributed by atoms with Crippen LogP contribution in [0.4, 0.5) is 10.1 Å². The van der Waals surface area contributed by atoms with Gasteiger partial charge in [-0.15, -0.1) is 0 Å². The molecule has 0 saturated carbocycles. The van der Waals surface area contributed by atoms with E-state index in [2.05, 4.69) is 41.9 Å². The van der Waals surface area contributed by atoms with E-state index in [4.69, 9.17) is 0 Å². The normalized spacial score (nSPS) is 12.7. The number of nitrogens with zero attached hydrogens (tertiary/aromatic N) is 5. The van der Waals surface area contributed by atoms with E-state index in [0.717, 1.165) is 74.3 Å². The first-order valence-corrected chi connectivity index (χ1v) is 12.8. The largest absolute Gasteiger partial charge is 0.384 e. The van der Waals surface area contributed by atoms with Gasteiger partial charge in [-0.25, -0.2) is 14.4 Å². The number of H-pyrrole nitrogens is 2. The fraction of sp³-hybridized carbons (Fsp3) is 0.233. The molecule has 0 aliphatic rings. The van der Waals surface area contributed by atoms with Crippen molar-refractivity contribution in [2.45, 2.75) is 13.8 Å². The molecule has 0 spiro atoms. The zero-order valence-corrected chi connectivity index (χ0v) is 22.9. The number of hydrogen-bond donors (Lipinski definition) is 3. The van der Waals surface area contributed by atoms with Crippen LogP contribution in [-0.4, -0.2) is 61.8 Å². The zero-order chi connectivity index (χ0) is 27.7. The van der Waals surface area contributed by atoms with E-state index < -0.39 is 0 Å². The first-order valence-electron chi connectivity index (χ1n) is 12.8. The van der Waals surface area contributed by atoms with Crippen LogP contribution >= 0.6 is 0 Å². The molecule has 4 aromatic heterocycles. The molecule has 0 saturated heterocycles. The summed E-state index contributed by atoms with van der Waals surface area (Å²) in [4.78, 5) is 14.4. The van der Waals surface area contributed by atoms with Gasteiger partial charge in [-0.2, -0.15) is 5.10 Å². The molecule has 0 unspecified atom stereocenters. The van der Waals surface area contributed by atoms with E-state index in [1.165, 1.54) is 6.07 Å². The molecule has 0 aliphatic carbocycles. The topological polar surface area (TPSA) is 90.4 Å². The summed E-state index contributed by atoms with van der Waals surface area (Å²) in [5.74, 6) is 0.619. The highest BCUT2D eigenvalue weighted by molar-refractivity contribution is 5.96. The van der Waals surface area contributed by atoms with Gasteiger partial charge in [0.15, 0.2) is 0 Å². The van der Waals surface area contributed by atoms with Gasteiger partial charge in [-0.1, -0.05) is 12.7 Å². The van der Waals surface area contributed by atoms with Gasteiger partial charge in [-0.3, -0.25) is 5.10 Å². The molecule has 9 heteroatoms. The molecular formula is C30H33FN8. The third kappa shape index (κ3) is 5.26. The van der Waals surface area contributed by atoms with Crippen LogP contribution in [0.2, 0.25) is 0 Å². The van der Waals surface area contributed by atoms with Crippen molar-refractivity contribution in [3.63, 3.8) is 0 Å². The Labute approximate surface area is 226 Å². The summed E-state index contributed by atoms with van der Waals surface area (Å²) in [5.41, 5.74) is 6.41. The first-order chi connectivity index (χ1) is 18.7. The highest BCUT2D eigenvalue weighted by Crippen LogP contribution is 2.32. The average molecular weight is 525 g/mol. The predicted molar refractivity (Wildman–Crippen MR) is 157 cm³/mol. The number of aromatic amines is 2. The van der Waals surface area contributed by atoms with E-state index in [1.807, 2.05) is 76.1 Å². The van der Waals surface area contributed by atoms with Crippen LogP contribution in [0.15, 0.2) is 49.3 Å². The third-order valence-electron chi connectivity index (χ3n) is 6.87. The van der Waals surface area contributed by atoms with Crippen LogP contribution < -0.4 is 15.9 Å². The van der Waals surface area contributed by atoms with Crippen molar-refractivity contribution in [3.05, 3.63) is 77.2 Å². The van der Waals surface area contributed by atoms with Crippen molar-refractivity contribution in [2.24, 2.45) is 7.05 Å². The van der Waals surface area contributed by atoms with Gasteiger partial charge in [0, 0.05) is 42.6 Å². The summed E-state index contributed by atoms with van der Waals surface area (Å²) in [7, 11) is 5.99. The Morgan fingerprint density at radius 3 is 2.74 bits per heavy atom. The number of halogens is 1. The minimum atomic E-state index is -0.295. The minimum Gasteiger partial charge on any atom is -0.384 e. The molecule has 0 bridgehead atoms. The number of nitrogens with one attached hydrogen (secondary N) is 3. The van der Waals surface area contributed by atoms with Gasteiger partial charge < -0.3 is 19.8 Å². The molecule has 1 aromatic carbocycles. The molecule has 8 nitrogen and oxygen atoms in total. The number of imidazole rings is 1. The predicted octanol–water partition coefficient (Wildman–Crippen LogP) is 4.07. The summed E-state index contributed by atoms with van der Waals surface area (Å²) >= 11 is 0. The van der Waals surface area contributed by atoms with E-state index >= 15 is 0 Å². The Morgan fingerprint density at radius 2 is 2.03 bits per heavy atom. The maximum absolute atomic E-state index is 14.6. The lowest BCUT2D eigenvalue weighted by molar-refractivity contribution is 0.425. The maximum Gasteiger partial charge on any atom is 0.138 e. The summed E-state index contributed by atoms with van der Waals surface area (Å²) in [6, 6.07) is 8.97. The maximum atomic E-state index is 14.6. The quantitative estimate of drug-likeness (QED) is 0.285. The van der Waals surface area contributed by atoms with E-state index in [0.29, 0.717) is 5.65 Å². The number of aromatic nitrogens is 6. The Morgan fingerprint density at radius 1 is 1.21 bits per heavy atom. The van der Waals surface area contributed by atoms with Gasteiger partial charge in [0.05, 0.1) is 22.9 Å². The highest BCUT2D eigenvalue weighted by Gasteiger charge is 2.15. The standard InChI is InChI=1S/C30H33FN8/c1-7-26-25(12-18(2)28-17-34-19(3)39(28)6)29(37-36-26)27-16-24-23(8-9-33-30(24)35-27)20-13-21(31)15-22(14-20)32-10-11-38(4)5/h7-9,12-17,32,36H,2,10-11H2,1,3-6H3,(H,33,35)/b25-12+,26-7+. The highest BCUT2D eigenvalue weighted by atomic mass is 19.1. The molecule has 5 aromatic rings.